The second kappa shape index (κ2) is 9.00. The number of hydrogen-bond acceptors (Lipinski definition) is 7. The Bertz CT molecular complexity index is 1380. The van der Waals surface area contributed by atoms with Gasteiger partial charge in [-0.2, -0.15) is 4.31 Å². The van der Waals surface area contributed by atoms with Gasteiger partial charge in [-0.25, -0.2) is 8.42 Å². The van der Waals surface area contributed by atoms with Gasteiger partial charge in [0.2, 0.25) is 15.9 Å². The van der Waals surface area contributed by atoms with Crippen LogP contribution in [0.15, 0.2) is 74.6 Å². The number of nitrogens with one attached hydrogen (secondary N) is 1. The number of rotatable bonds is 7. The quantitative estimate of drug-likeness (QED) is 0.437. The summed E-state index contributed by atoms with van der Waals surface area (Å²) in [5, 5.41) is 10.4. The highest BCUT2D eigenvalue weighted by molar-refractivity contribution is 7.89. The first kappa shape index (κ1) is 22.4. The summed E-state index contributed by atoms with van der Waals surface area (Å²) in [4.78, 5) is 12.6. The lowest BCUT2D eigenvalue weighted by Gasteiger charge is -2.16. The Kier molecular flexibility index (Phi) is 6.12. The molecule has 0 radical (unpaired) electrons. The molecule has 0 saturated carbocycles. The maximum atomic E-state index is 12.8. The first-order chi connectivity index (χ1) is 15.7. The second-order valence-electron chi connectivity index (χ2n) is 7.55. The van der Waals surface area contributed by atoms with Crippen LogP contribution in [0.2, 0.25) is 0 Å². The van der Waals surface area contributed by atoms with E-state index in [2.05, 4.69) is 15.5 Å². The fourth-order valence-electron chi connectivity index (χ4n) is 3.27. The molecule has 0 atom stereocenters. The van der Waals surface area contributed by atoms with Gasteiger partial charge in [-0.1, -0.05) is 22.8 Å². The van der Waals surface area contributed by atoms with E-state index in [1.54, 1.807) is 12.1 Å². The highest BCUT2D eigenvalue weighted by Crippen LogP contribution is 2.25. The van der Waals surface area contributed by atoms with E-state index in [-0.39, 0.29) is 23.0 Å². The fraction of sp³-hybridized carbons (Fsp3) is 0.174. The third kappa shape index (κ3) is 4.86. The topological polar surface area (TPSA) is 119 Å². The SMILES string of the molecule is Cc1ccc(-c2nnc(NC(=O)c3ccc(S(=O)(=O)N(C)Cc4ccco4)cc3)o2)c(C)c1. The Balaban J connectivity index is 1.45. The summed E-state index contributed by atoms with van der Waals surface area (Å²) in [6.45, 7) is 4.02. The van der Waals surface area contributed by atoms with Crippen molar-refractivity contribution in [3.8, 4) is 11.5 Å². The van der Waals surface area contributed by atoms with Crippen LogP contribution in [0.1, 0.15) is 27.2 Å². The van der Waals surface area contributed by atoms with Gasteiger partial charge in [0.05, 0.1) is 17.7 Å². The second-order valence-corrected chi connectivity index (χ2v) is 9.59. The molecule has 4 aromatic rings. The number of nitrogens with zero attached hydrogens (tertiary/aromatic N) is 3. The molecule has 9 nitrogen and oxygen atoms in total. The normalized spacial score (nSPS) is 11.6. The molecule has 0 aliphatic carbocycles. The van der Waals surface area contributed by atoms with Gasteiger partial charge in [0.1, 0.15) is 5.76 Å². The number of hydrogen-bond donors (Lipinski definition) is 1. The zero-order valence-corrected chi connectivity index (χ0v) is 19.1. The molecule has 2 aromatic heterocycles. The van der Waals surface area contributed by atoms with Crippen molar-refractivity contribution in [3.63, 3.8) is 0 Å². The lowest BCUT2D eigenvalue weighted by Crippen LogP contribution is -2.26. The van der Waals surface area contributed by atoms with Crippen molar-refractivity contribution in [2.45, 2.75) is 25.3 Å². The summed E-state index contributed by atoms with van der Waals surface area (Å²) < 4.78 is 37.5. The summed E-state index contributed by atoms with van der Waals surface area (Å²) >= 11 is 0. The number of amides is 1. The van der Waals surface area contributed by atoms with E-state index < -0.39 is 15.9 Å². The van der Waals surface area contributed by atoms with Gasteiger partial charge in [-0.05, 0) is 61.9 Å². The van der Waals surface area contributed by atoms with Crippen LogP contribution in [-0.4, -0.2) is 35.9 Å². The van der Waals surface area contributed by atoms with Crippen molar-refractivity contribution in [1.29, 1.82) is 0 Å². The van der Waals surface area contributed by atoms with Gasteiger partial charge in [-0.3, -0.25) is 10.1 Å². The summed E-state index contributed by atoms with van der Waals surface area (Å²) in [6, 6.07) is 14.7. The van der Waals surface area contributed by atoms with Crippen LogP contribution in [0.5, 0.6) is 0 Å². The molecule has 33 heavy (non-hydrogen) atoms. The third-order valence-corrected chi connectivity index (χ3v) is 6.86. The van der Waals surface area contributed by atoms with Crippen LogP contribution in [0.25, 0.3) is 11.5 Å². The van der Waals surface area contributed by atoms with Gasteiger partial charge >= 0.3 is 6.01 Å². The molecule has 4 rings (SSSR count). The summed E-state index contributed by atoms with van der Waals surface area (Å²) in [5.74, 6) is 0.319. The van der Waals surface area contributed by atoms with E-state index in [0.29, 0.717) is 11.7 Å². The van der Waals surface area contributed by atoms with Gasteiger partial charge in [0.25, 0.3) is 5.91 Å². The van der Waals surface area contributed by atoms with Crippen molar-refractivity contribution in [3.05, 3.63) is 83.3 Å². The average Bonchev–Trinajstić information content (AvgIpc) is 3.46. The number of benzene rings is 2. The highest BCUT2D eigenvalue weighted by atomic mass is 32.2. The lowest BCUT2D eigenvalue weighted by atomic mass is 10.1. The van der Waals surface area contributed by atoms with Crippen LogP contribution < -0.4 is 5.32 Å². The number of anilines is 1. The number of carbonyl (C=O) groups excluding carboxylic acids is 1. The molecule has 0 aliphatic rings. The molecule has 2 heterocycles. The molecule has 1 amide bonds. The number of carbonyl (C=O) groups is 1. The van der Waals surface area contributed by atoms with Gasteiger partial charge in [0, 0.05) is 18.2 Å². The molecule has 1 N–H and O–H groups in total. The zero-order chi connectivity index (χ0) is 23.6. The van der Waals surface area contributed by atoms with Crippen LogP contribution in [0, 0.1) is 13.8 Å². The number of aryl methyl sites for hydroxylation is 2. The fourth-order valence-corrected chi connectivity index (χ4v) is 4.41. The molecule has 0 aliphatic heterocycles. The lowest BCUT2D eigenvalue weighted by molar-refractivity contribution is 0.102. The van der Waals surface area contributed by atoms with Crippen molar-refractivity contribution >= 4 is 21.9 Å². The Hall–Kier alpha value is -3.76. The van der Waals surface area contributed by atoms with Crippen molar-refractivity contribution in [2.24, 2.45) is 0 Å². The third-order valence-electron chi connectivity index (χ3n) is 5.04. The van der Waals surface area contributed by atoms with E-state index in [9.17, 15) is 13.2 Å². The van der Waals surface area contributed by atoms with Crippen LogP contribution in [-0.2, 0) is 16.6 Å². The van der Waals surface area contributed by atoms with Gasteiger partial charge < -0.3 is 8.83 Å². The average molecular weight is 467 g/mol. The van der Waals surface area contributed by atoms with Gasteiger partial charge in [-0.15, -0.1) is 5.10 Å². The molecule has 0 bridgehead atoms. The molecule has 170 valence electrons. The Morgan fingerprint density at radius 2 is 1.82 bits per heavy atom. The maximum Gasteiger partial charge on any atom is 0.322 e. The van der Waals surface area contributed by atoms with E-state index in [4.69, 9.17) is 8.83 Å². The van der Waals surface area contributed by atoms with Crippen LogP contribution in [0.4, 0.5) is 6.01 Å². The predicted molar refractivity (Wildman–Crippen MR) is 121 cm³/mol. The largest absolute Gasteiger partial charge is 0.468 e. The number of aromatic nitrogens is 2. The van der Waals surface area contributed by atoms with Crippen LogP contribution >= 0.6 is 0 Å². The standard InChI is InChI=1S/C23H22N4O5S/c1-15-6-11-20(16(2)13-15)22-25-26-23(32-22)24-21(28)17-7-9-19(10-8-17)33(29,30)27(3)14-18-5-4-12-31-18/h4-13H,14H2,1-3H3,(H,24,26,28). The molecule has 0 saturated heterocycles. The minimum absolute atomic E-state index is 0.0511. The predicted octanol–water partition coefficient (Wildman–Crippen LogP) is 4.02. The Morgan fingerprint density at radius 3 is 2.48 bits per heavy atom. The van der Waals surface area contributed by atoms with Crippen molar-refractivity contribution < 1.29 is 22.0 Å². The van der Waals surface area contributed by atoms with E-state index in [1.165, 1.54) is 41.9 Å². The maximum absolute atomic E-state index is 12.8. The van der Waals surface area contributed by atoms with E-state index in [0.717, 1.165) is 16.7 Å². The molecule has 0 fully saturated rings. The van der Waals surface area contributed by atoms with E-state index in [1.807, 2.05) is 32.0 Å². The minimum Gasteiger partial charge on any atom is -0.468 e. The van der Waals surface area contributed by atoms with Crippen molar-refractivity contribution in [2.75, 3.05) is 12.4 Å². The first-order valence-electron chi connectivity index (χ1n) is 10.1. The highest BCUT2D eigenvalue weighted by Gasteiger charge is 2.22. The number of furan rings is 1. The molecular weight excluding hydrogens is 444 g/mol. The molecule has 2 aromatic carbocycles. The Morgan fingerprint density at radius 1 is 1.06 bits per heavy atom. The summed E-state index contributed by atoms with van der Waals surface area (Å²) in [7, 11) is -2.29. The molecule has 0 spiro atoms. The number of sulfonamides is 1. The zero-order valence-electron chi connectivity index (χ0n) is 18.3. The molecule has 10 heteroatoms. The summed E-state index contributed by atoms with van der Waals surface area (Å²) in [5.41, 5.74) is 3.11. The molecular formula is C23H22N4O5S. The molecule has 0 unspecified atom stereocenters. The minimum atomic E-state index is -3.75. The van der Waals surface area contributed by atoms with E-state index >= 15 is 0 Å². The van der Waals surface area contributed by atoms with Crippen LogP contribution in [0.3, 0.4) is 0 Å². The van der Waals surface area contributed by atoms with Crippen molar-refractivity contribution in [1.82, 2.24) is 14.5 Å². The Labute approximate surface area is 191 Å². The monoisotopic (exact) mass is 466 g/mol. The summed E-state index contributed by atoms with van der Waals surface area (Å²) in [6.07, 6.45) is 1.48. The first-order valence-corrected chi connectivity index (χ1v) is 11.5. The smallest absolute Gasteiger partial charge is 0.322 e. The van der Waals surface area contributed by atoms with Gasteiger partial charge in [0.15, 0.2) is 0 Å².